The summed E-state index contributed by atoms with van der Waals surface area (Å²) in [5.41, 5.74) is 2.24. The molecule has 0 bridgehead atoms. The van der Waals surface area contributed by atoms with E-state index in [4.69, 9.17) is 0 Å². The summed E-state index contributed by atoms with van der Waals surface area (Å²) in [4.78, 5) is 13.4. The Morgan fingerprint density at radius 2 is 2.06 bits per heavy atom. The zero-order valence-corrected chi connectivity index (χ0v) is 20.3. The first-order valence-electron chi connectivity index (χ1n) is 10.7. The number of amides is 1. The normalized spacial score (nSPS) is 17.5. The van der Waals surface area contributed by atoms with Crippen molar-refractivity contribution in [3.8, 4) is 16.4 Å². The highest BCUT2D eigenvalue weighted by atomic mass is 32.2. The first-order chi connectivity index (χ1) is 15.4. The standard InChI is InChI=1S/C22H26N4O3S3/c1-2-3-5-16-7-9-18(10-8-16)26-21(19-6-4-12-30-19)24-25-22(26)31-14-20(27)23-17-11-13-32(28,29)15-17/h4,6-10,12,17H,2-3,5,11,13-15H2,1H3,(H,23,27). The lowest BCUT2D eigenvalue weighted by molar-refractivity contribution is -0.119. The number of sulfone groups is 1. The second kappa shape index (κ2) is 10.2. The summed E-state index contributed by atoms with van der Waals surface area (Å²) in [7, 11) is -3.03. The van der Waals surface area contributed by atoms with Crippen LogP contribution in [0, 0.1) is 0 Å². The van der Waals surface area contributed by atoms with E-state index in [2.05, 4.69) is 46.7 Å². The molecule has 3 aromatic rings. The summed E-state index contributed by atoms with van der Waals surface area (Å²) in [5, 5.41) is 14.2. The van der Waals surface area contributed by atoms with Gasteiger partial charge in [-0.15, -0.1) is 21.5 Å². The number of rotatable bonds is 9. The van der Waals surface area contributed by atoms with Gasteiger partial charge in [0.15, 0.2) is 20.8 Å². The minimum Gasteiger partial charge on any atom is -0.352 e. The topological polar surface area (TPSA) is 94.0 Å². The molecule has 170 valence electrons. The number of benzene rings is 1. The van der Waals surface area contributed by atoms with E-state index in [0.717, 1.165) is 35.7 Å². The van der Waals surface area contributed by atoms with Crippen LogP contribution >= 0.6 is 23.1 Å². The van der Waals surface area contributed by atoms with Crippen LogP contribution in [-0.2, 0) is 21.1 Å². The Morgan fingerprint density at radius 1 is 1.25 bits per heavy atom. The predicted molar refractivity (Wildman–Crippen MR) is 129 cm³/mol. The van der Waals surface area contributed by atoms with Gasteiger partial charge in [-0.1, -0.05) is 43.3 Å². The Labute approximate surface area is 196 Å². The third kappa shape index (κ3) is 5.60. The molecule has 1 N–H and O–H groups in total. The smallest absolute Gasteiger partial charge is 0.230 e. The molecular weight excluding hydrogens is 464 g/mol. The van der Waals surface area contributed by atoms with Crippen molar-refractivity contribution in [2.24, 2.45) is 0 Å². The average molecular weight is 491 g/mol. The minimum absolute atomic E-state index is 0.0203. The number of nitrogens with one attached hydrogen (secondary N) is 1. The molecule has 1 fully saturated rings. The Hall–Kier alpha value is -2.17. The summed E-state index contributed by atoms with van der Waals surface area (Å²) < 4.78 is 25.2. The quantitative estimate of drug-likeness (QED) is 0.459. The van der Waals surface area contributed by atoms with Gasteiger partial charge in [0, 0.05) is 11.7 Å². The first-order valence-corrected chi connectivity index (χ1v) is 14.3. The Balaban J connectivity index is 1.51. The second-order valence-corrected chi connectivity index (χ2v) is 12.0. The molecule has 0 saturated carbocycles. The van der Waals surface area contributed by atoms with Gasteiger partial charge < -0.3 is 5.32 Å². The molecule has 7 nitrogen and oxygen atoms in total. The summed E-state index contributed by atoms with van der Waals surface area (Å²) in [6.07, 6.45) is 3.84. The molecule has 32 heavy (non-hydrogen) atoms. The lowest BCUT2D eigenvalue weighted by Crippen LogP contribution is -2.36. The lowest BCUT2D eigenvalue weighted by Gasteiger charge is -2.12. The van der Waals surface area contributed by atoms with Crippen LogP contribution in [0.25, 0.3) is 16.4 Å². The number of thioether (sulfide) groups is 1. The number of carbonyl (C=O) groups is 1. The number of aryl methyl sites for hydroxylation is 1. The van der Waals surface area contributed by atoms with Crippen molar-refractivity contribution in [3.63, 3.8) is 0 Å². The monoisotopic (exact) mass is 490 g/mol. The molecule has 2 aromatic heterocycles. The summed E-state index contributed by atoms with van der Waals surface area (Å²) in [5.74, 6) is 0.850. The summed E-state index contributed by atoms with van der Waals surface area (Å²) in [6.45, 7) is 2.18. The number of carbonyl (C=O) groups excluding carboxylic acids is 1. The fourth-order valence-corrected chi connectivity index (χ4v) is 6.80. The van der Waals surface area contributed by atoms with Crippen LogP contribution < -0.4 is 5.32 Å². The number of hydrogen-bond acceptors (Lipinski definition) is 7. The van der Waals surface area contributed by atoms with Gasteiger partial charge in [-0.05, 0) is 48.4 Å². The van der Waals surface area contributed by atoms with E-state index >= 15 is 0 Å². The molecule has 1 aliphatic rings. The van der Waals surface area contributed by atoms with Gasteiger partial charge in [0.25, 0.3) is 0 Å². The molecule has 0 aliphatic carbocycles. The van der Waals surface area contributed by atoms with E-state index < -0.39 is 9.84 Å². The molecule has 1 saturated heterocycles. The van der Waals surface area contributed by atoms with Crippen LogP contribution in [0.4, 0.5) is 0 Å². The highest BCUT2D eigenvalue weighted by molar-refractivity contribution is 7.99. The number of unbranched alkanes of at least 4 members (excludes halogenated alkanes) is 1. The fourth-order valence-electron chi connectivity index (χ4n) is 3.66. The summed E-state index contributed by atoms with van der Waals surface area (Å²) >= 11 is 2.89. The first kappa shape index (κ1) is 23.0. The fraction of sp³-hybridized carbons (Fsp3) is 0.409. The van der Waals surface area contributed by atoms with Gasteiger partial charge in [0.1, 0.15) is 0 Å². The number of nitrogens with zero attached hydrogens (tertiary/aromatic N) is 3. The molecule has 1 unspecified atom stereocenters. The van der Waals surface area contributed by atoms with Gasteiger partial charge in [-0.2, -0.15) is 0 Å². The van der Waals surface area contributed by atoms with Crippen molar-refractivity contribution in [2.75, 3.05) is 17.3 Å². The van der Waals surface area contributed by atoms with Gasteiger partial charge in [-0.25, -0.2) is 8.42 Å². The largest absolute Gasteiger partial charge is 0.352 e. The van der Waals surface area contributed by atoms with E-state index in [1.165, 1.54) is 17.3 Å². The maximum Gasteiger partial charge on any atom is 0.230 e. The molecule has 1 aromatic carbocycles. The highest BCUT2D eigenvalue weighted by Crippen LogP contribution is 2.30. The third-order valence-electron chi connectivity index (χ3n) is 5.32. The molecule has 1 aliphatic heterocycles. The van der Waals surface area contributed by atoms with Crippen molar-refractivity contribution >= 4 is 38.8 Å². The van der Waals surface area contributed by atoms with E-state index in [1.807, 2.05) is 22.1 Å². The van der Waals surface area contributed by atoms with Crippen LogP contribution in [0.1, 0.15) is 31.7 Å². The van der Waals surface area contributed by atoms with Crippen LogP contribution in [0.2, 0.25) is 0 Å². The molecule has 4 rings (SSSR count). The van der Waals surface area contributed by atoms with Gasteiger partial charge >= 0.3 is 0 Å². The van der Waals surface area contributed by atoms with E-state index in [0.29, 0.717) is 11.6 Å². The molecular formula is C22H26N4O3S3. The zero-order valence-electron chi connectivity index (χ0n) is 17.9. The molecule has 0 spiro atoms. The van der Waals surface area contributed by atoms with E-state index in [9.17, 15) is 13.2 Å². The highest BCUT2D eigenvalue weighted by Gasteiger charge is 2.29. The van der Waals surface area contributed by atoms with E-state index in [-0.39, 0.29) is 29.2 Å². The molecule has 1 atom stereocenters. The number of aromatic nitrogens is 3. The van der Waals surface area contributed by atoms with E-state index in [1.54, 1.807) is 11.3 Å². The van der Waals surface area contributed by atoms with Crippen molar-refractivity contribution in [2.45, 2.75) is 43.8 Å². The Kier molecular flexibility index (Phi) is 7.32. The average Bonchev–Trinajstić information content (AvgIpc) is 3.51. The van der Waals surface area contributed by atoms with Crippen molar-refractivity contribution in [1.29, 1.82) is 0 Å². The number of thiophene rings is 1. The number of hydrogen-bond donors (Lipinski definition) is 1. The third-order valence-corrected chi connectivity index (χ3v) is 8.88. The summed E-state index contributed by atoms with van der Waals surface area (Å²) in [6, 6.07) is 12.1. The SMILES string of the molecule is CCCCc1ccc(-n2c(SCC(=O)NC3CCS(=O)(=O)C3)nnc2-c2cccs2)cc1. The van der Waals surface area contributed by atoms with Crippen LogP contribution in [0.5, 0.6) is 0 Å². The van der Waals surface area contributed by atoms with Crippen LogP contribution in [-0.4, -0.2) is 52.4 Å². The lowest BCUT2D eigenvalue weighted by atomic mass is 10.1. The second-order valence-electron chi connectivity index (χ2n) is 7.85. The molecule has 1 amide bonds. The Bertz CT molecular complexity index is 1160. The van der Waals surface area contributed by atoms with Gasteiger partial charge in [0.05, 0.1) is 22.1 Å². The minimum atomic E-state index is -3.03. The van der Waals surface area contributed by atoms with Crippen LogP contribution in [0.15, 0.2) is 46.9 Å². The van der Waals surface area contributed by atoms with Crippen molar-refractivity contribution in [1.82, 2.24) is 20.1 Å². The van der Waals surface area contributed by atoms with Crippen molar-refractivity contribution in [3.05, 3.63) is 47.3 Å². The van der Waals surface area contributed by atoms with Gasteiger partial charge in [0.2, 0.25) is 5.91 Å². The van der Waals surface area contributed by atoms with Gasteiger partial charge in [-0.3, -0.25) is 9.36 Å². The predicted octanol–water partition coefficient (Wildman–Crippen LogP) is 3.73. The maximum absolute atomic E-state index is 12.4. The van der Waals surface area contributed by atoms with Crippen LogP contribution in [0.3, 0.4) is 0 Å². The Morgan fingerprint density at radius 3 is 2.72 bits per heavy atom. The molecule has 0 radical (unpaired) electrons. The van der Waals surface area contributed by atoms with Crippen molar-refractivity contribution < 1.29 is 13.2 Å². The zero-order chi connectivity index (χ0) is 22.6. The molecule has 3 heterocycles. The maximum atomic E-state index is 12.4. The molecule has 10 heteroatoms.